The molecule has 0 fully saturated rings. The Labute approximate surface area is 215 Å². The minimum absolute atomic E-state index is 0.0148. The Morgan fingerprint density at radius 3 is 1.97 bits per heavy atom. The van der Waals surface area contributed by atoms with Crippen molar-refractivity contribution >= 4 is 47.1 Å². The zero-order valence-corrected chi connectivity index (χ0v) is 21.4. The van der Waals surface area contributed by atoms with Gasteiger partial charge in [-0.15, -0.1) is 0 Å². The first kappa shape index (κ1) is 33.0. The topological polar surface area (TPSA) is 258 Å². The maximum atomic E-state index is 12.9. The van der Waals surface area contributed by atoms with Crippen LogP contribution in [0.2, 0.25) is 0 Å². The molecule has 0 heterocycles. The highest BCUT2D eigenvalue weighted by Gasteiger charge is 2.29. The highest BCUT2D eigenvalue weighted by atomic mass is 16.2. The molecule has 0 bridgehead atoms. The largest absolute Gasteiger partial charge is 0.370 e. The highest BCUT2D eigenvalue weighted by Crippen LogP contribution is 2.07. The molecule has 37 heavy (non-hydrogen) atoms. The number of hydrogen-bond acceptors (Lipinski definition) is 8. The number of amides is 7. The Morgan fingerprint density at radius 2 is 1.46 bits per heavy atom. The summed E-state index contributed by atoms with van der Waals surface area (Å²) in [4.78, 5) is 87.2. The molecule has 0 saturated carbocycles. The molecule has 0 aromatic carbocycles. The number of carbonyl (C=O) groups excluding carboxylic acids is 7. The van der Waals surface area contributed by atoms with Crippen molar-refractivity contribution in [2.75, 3.05) is 20.1 Å². The Morgan fingerprint density at radius 1 is 0.811 bits per heavy atom. The lowest BCUT2D eigenvalue weighted by atomic mass is 10.0. The van der Waals surface area contributed by atoms with Gasteiger partial charge in [0.05, 0.1) is 13.0 Å². The lowest BCUT2D eigenvalue weighted by Crippen LogP contribution is -2.55. The molecule has 10 N–H and O–H groups in total. The number of carbonyl (C=O) groups is 7. The third-order valence-electron chi connectivity index (χ3n) is 5.23. The van der Waals surface area contributed by atoms with Gasteiger partial charge in [0.15, 0.2) is 0 Å². The fraction of sp³-hybridized carbons (Fsp3) is 0.636. The molecule has 0 aliphatic heterocycles. The van der Waals surface area contributed by atoms with Crippen molar-refractivity contribution < 1.29 is 33.6 Å². The van der Waals surface area contributed by atoms with E-state index in [4.69, 9.17) is 17.2 Å². The standard InChI is InChI=1S/C22H38N8O7/c1-4-12(2)19(26-3)22(37)29-13(7-8-15(23)31)21(36)30-14(10-16(24)32)20(35)27-9-5-6-18(34)28-11-17(25)33/h12-14H,4-11H2,1-3H3,(H2,23,31)(H2,24,32)(H2,25,33)(H,27,35)(H,28,34)(H,29,37)(H,30,36)/b26-19-/t12-,13-,14-/m0/s1. The smallest absolute Gasteiger partial charge is 0.266 e. The lowest BCUT2D eigenvalue weighted by Gasteiger charge is -2.23. The molecular formula is C22H38N8O7. The number of hydrogen-bond donors (Lipinski definition) is 7. The molecule has 0 aromatic rings. The first-order valence-corrected chi connectivity index (χ1v) is 11.8. The van der Waals surface area contributed by atoms with Crippen LogP contribution in [0.15, 0.2) is 4.99 Å². The first-order valence-electron chi connectivity index (χ1n) is 11.8. The molecule has 3 atom stereocenters. The van der Waals surface area contributed by atoms with Crippen molar-refractivity contribution in [3.8, 4) is 0 Å². The van der Waals surface area contributed by atoms with Crippen LogP contribution in [0.5, 0.6) is 0 Å². The summed E-state index contributed by atoms with van der Waals surface area (Å²) in [5.41, 5.74) is 15.5. The van der Waals surface area contributed by atoms with Gasteiger partial charge < -0.3 is 38.5 Å². The van der Waals surface area contributed by atoms with Crippen LogP contribution >= 0.6 is 0 Å². The van der Waals surface area contributed by atoms with E-state index in [1.54, 1.807) is 6.92 Å². The SMILES string of the molecule is CC[C@H](C)/C(=N/C)C(=O)N[C@@H](CCC(N)=O)C(=O)N[C@@H](CC(N)=O)C(=O)NCCCC(=O)NCC(N)=O. The molecule has 15 heteroatoms. The van der Waals surface area contributed by atoms with E-state index in [1.165, 1.54) is 7.05 Å². The van der Waals surface area contributed by atoms with Crippen LogP contribution in [0.1, 0.15) is 52.4 Å². The van der Waals surface area contributed by atoms with Crippen molar-refractivity contribution in [2.24, 2.45) is 28.1 Å². The van der Waals surface area contributed by atoms with Gasteiger partial charge in [0, 0.05) is 32.4 Å². The molecule has 0 radical (unpaired) electrons. The molecule has 15 nitrogen and oxygen atoms in total. The van der Waals surface area contributed by atoms with Gasteiger partial charge in [0.1, 0.15) is 17.8 Å². The Bertz CT molecular complexity index is 890. The summed E-state index contributed by atoms with van der Waals surface area (Å²) in [5.74, 6) is -5.12. The van der Waals surface area contributed by atoms with Gasteiger partial charge >= 0.3 is 0 Å². The Hall–Kier alpha value is -4.04. The van der Waals surface area contributed by atoms with E-state index in [0.717, 1.165) is 0 Å². The third-order valence-corrected chi connectivity index (χ3v) is 5.23. The zero-order valence-electron chi connectivity index (χ0n) is 21.4. The van der Waals surface area contributed by atoms with Crippen LogP contribution in [-0.2, 0) is 33.6 Å². The molecule has 0 aliphatic rings. The fourth-order valence-electron chi connectivity index (χ4n) is 3.07. The second kappa shape index (κ2) is 17.4. The number of primary amides is 3. The van der Waals surface area contributed by atoms with Crippen LogP contribution < -0.4 is 38.5 Å². The van der Waals surface area contributed by atoms with Gasteiger partial charge in [-0.1, -0.05) is 13.8 Å². The van der Waals surface area contributed by atoms with Crippen LogP contribution in [0.4, 0.5) is 0 Å². The first-order chi connectivity index (χ1) is 17.3. The van der Waals surface area contributed by atoms with Crippen molar-refractivity contribution in [3.05, 3.63) is 0 Å². The van der Waals surface area contributed by atoms with Gasteiger partial charge in [-0.25, -0.2) is 0 Å². The van der Waals surface area contributed by atoms with Crippen LogP contribution in [-0.4, -0.2) is 79.3 Å². The molecule has 208 valence electrons. The summed E-state index contributed by atoms with van der Waals surface area (Å²) < 4.78 is 0. The predicted molar refractivity (Wildman–Crippen MR) is 133 cm³/mol. The number of rotatable bonds is 18. The van der Waals surface area contributed by atoms with E-state index >= 15 is 0 Å². The summed E-state index contributed by atoms with van der Waals surface area (Å²) in [6.07, 6.45) is -0.132. The number of nitrogens with one attached hydrogen (secondary N) is 4. The van der Waals surface area contributed by atoms with E-state index in [0.29, 0.717) is 6.42 Å². The van der Waals surface area contributed by atoms with Gasteiger partial charge in [-0.3, -0.25) is 38.6 Å². The zero-order chi connectivity index (χ0) is 28.5. The maximum absolute atomic E-state index is 12.9. The van der Waals surface area contributed by atoms with E-state index in [9.17, 15) is 33.6 Å². The molecule has 0 aromatic heterocycles. The van der Waals surface area contributed by atoms with Crippen LogP contribution in [0.3, 0.4) is 0 Å². The Kier molecular flexibility index (Phi) is 15.5. The average Bonchev–Trinajstić information content (AvgIpc) is 2.82. The van der Waals surface area contributed by atoms with E-state index < -0.39 is 59.9 Å². The van der Waals surface area contributed by atoms with E-state index in [-0.39, 0.29) is 50.4 Å². The number of aliphatic imine (C=N–C) groups is 1. The maximum Gasteiger partial charge on any atom is 0.266 e. The summed E-state index contributed by atoms with van der Waals surface area (Å²) in [5, 5.41) is 9.65. The average molecular weight is 527 g/mol. The molecule has 0 rings (SSSR count). The molecular weight excluding hydrogens is 488 g/mol. The molecule has 7 amide bonds. The molecule has 0 saturated heterocycles. The Balaban J connectivity index is 5.29. The van der Waals surface area contributed by atoms with Crippen LogP contribution in [0, 0.1) is 5.92 Å². The quantitative estimate of drug-likeness (QED) is 0.0706. The summed E-state index contributed by atoms with van der Waals surface area (Å²) in [6, 6.07) is -2.63. The predicted octanol–water partition coefficient (Wildman–Crippen LogP) is -3.29. The van der Waals surface area contributed by atoms with Gasteiger partial charge in [0.2, 0.25) is 35.4 Å². The van der Waals surface area contributed by atoms with Crippen molar-refractivity contribution in [3.63, 3.8) is 0 Å². The van der Waals surface area contributed by atoms with E-state index in [1.807, 2.05) is 6.92 Å². The lowest BCUT2D eigenvalue weighted by molar-refractivity contribution is -0.133. The van der Waals surface area contributed by atoms with Crippen LogP contribution in [0.25, 0.3) is 0 Å². The normalized spacial score (nSPS) is 13.4. The summed E-state index contributed by atoms with van der Waals surface area (Å²) in [7, 11) is 1.44. The van der Waals surface area contributed by atoms with Crippen molar-refractivity contribution in [1.82, 2.24) is 21.3 Å². The fourth-order valence-corrected chi connectivity index (χ4v) is 3.07. The second-order valence-corrected chi connectivity index (χ2v) is 8.32. The summed E-state index contributed by atoms with van der Waals surface area (Å²) >= 11 is 0. The minimum Gasteiger partial charge on any atom is -0.370 e. The third kappa shape index (κ3) is 14.2. The van der Waals surface area contributed by atoms with Gasteiger partial charge in [-0.05, 0) is 19.3 Å². The minimum atomic E-state index is -1.38. The van der Waals surface area contributed by atoms with Gasteiger partial charge in [0.25, 0.3) is 5.91 Å². The number of nitrogens with two attached hydrogens (primary N) is 3. The van der Waals surface area contributed by atoms with Crippen molar-refractivity contribution in [1.29, 1.82) is 0 Å². The number of nitrogens with zero attached hydrogens (tertiary/aromatic N) is 1. The van der Waals surface area contributed by atoms with Crippen molar-refractivity contribution in [2.45, 2.75) is 64.5 Å². The molecule has 0 unspecified atom stereocenters. The van der Waals surface area contributed by atoms with Gasteiger partial charge in [-0.2, -0.15) is 0 Å². The monoisotopic (exact) mass is 526 g/mol. The molecule has 0 aliphatic carbocycles. The van der Waals surface area contributed by atoms with E-state index in [2.05, 4.69) is 26.3 Å². The molecule has 0 spiro atoms. The summed E-state index contributed by atoms with van der Waals surface area (Å²) in [6.45, 7) is 3.35. The second-order valence-electron chi connectivity index (χ2n) is 8.32. The highest BCUT2D eigenvalue weighted by molar-refractivity contribution is 6.39.